The molecule has 2 unspecified atom stereocenters. The number of nitrogens with zero attached hydrogens (tertiary/aromatic N) is 2. The van der Waals surface area contributed by atoms with E-state index in [0.29, 0.717) is 5.92 Å². The number of rotatable bonds is 4. The molecule has 5 nitrogen and oxygen atoms in total. The first-order chi connectivity index (χ1) is 12.1. The fraction of sp³-hybridized carbons (Fsp3) is 0.450. The number of fused-ring (bicyclic) bond motifs is 2. The minimum atomic E-state index is 0.123. The van der Waals surface area contributed by atoms with Crippen LogP contribution in [0.3, 0.4) is 0 Å². The molecule has 25 heavy (non-hydrogen) atoms. The predicted octanol–water partition coefficient (Wildman–Crippen LogP) is 1.22. The number of hydrogen-bond acceptors (Lipinski definition) is 3. The first-order valence-electron chi connectivity index (χ1n) is 9.12. The van der Waals surface area contributed by atoms with Crippen molar-refractivity contribution in [2.24, 2.45) is 34.2 Å². The average molecular weight is 337 g/mol. The standard InChI is InChI=1S/C20H27N5/c1-13(25-11-17-9-23-10-18(17)12-25)6-19(24-20(21)22)16-7-14-4-2-3-5-15(14)8-16/h2-6,16-18,23H,1,7-12H2,(H4,21,22,24)/b19-6-. The molecule has 1 aromatic rings. The molecule has 1 aliphatic carbocycles. The van der Waals surface area contributed by atoms with Crippen LogP contribution >= 0.6 is 0 Å². The molecule has 2 aliphatic heterocycles. The fourth-order valence-electron chi connectivity index (χ4n) is 4.51. The van der Waals surface area contributed by atoms with Gasteiger partial charge in [-0.25, -0.2) is 4.99 Å². The number of aliphatic imine (C=N–C) groups is 1. The van der Waals surface area contributed by atoms with Crippen molar-refractivity contribution in [3.05, 3.63) is 59.4 Å². The average Bonchev–Trinajstić information content (AvgIpc) is 3.27. The van der Waals surface area contributed by atoms with Gasteiger partial charge in [0.05, 0.1) is 5.70 Å². The number of allylic oxidation sites excluding steroid dienone is 2. The lowest BCUT2D eigenvalue weighted by molar-refractivity contribution is 0.402. The van der Waals surface area contributed by atoms with Crippen LogP contribution in [0.5, 0.6) is 0 Å². The summed E-state index contributed by atoms with van der Waals surface area (Å²) < 4.78 is 0. The maximum atomic E-state index is 5.71. The van der Waals surface area contributed by atoms with Crippen molar-refractivity contribution in [1.82, 2.24) is 10.2 Å². The van der Waals surface area contributed by atoms with Crippen LogP contribution in [0, 0.1) is 17.8 Å². The smallest absolute Gasteiger partial charge is 0.190 e. The van der Waals surface area contributed by atoms with Crippen molar-refractivity contribution in [2.75, 3.05) is 26.2 Å². The van der Waals surface area contributed by atoms with E-state index in [9.17, 15) is 0 Å². The van der Waals surface area contributed by atoms with E-state index in [0.717, 1.165) is 62.3 Å². The van der Waals surface area contributed by atoms with Crippen LogP contribution in [0.15, 0.2) is 53.3 Å². The monoisotopic (exact) mass is 337 g/mol. The second-order valence-corrected chi connectivity index (χ2v) is 7.55. The van der Waals surface area contributed by atoms with Crippen LogP contribution in [0.2, 0.25) is 0 Å². The molecule has 2 atom stereocenters. The second kappa shape index (κ2) is 6.56. The molecule has 2 fully saturated rings. The van der Waals surface area contributed by atoms with E-state index in [-0.39, 0.29) is 5.96 Å². The molecule has 132 valence electrons. The van der Waals surface area contributed by atoms with E-state index in [4.69, 9.17) is 11.5 Å². The maximum Gasteiger partial charge on any atom is 0.190 e. The molecular formula is C20H27N5. The van der Waals surface area contributed by atoms with Gasteiger partial charge in [0.15, 0.2) is 5.96 Å². The summed E-state index contributed by atoms with van der Waals surface area (Å²) >= 11 is 0. The molecule has 0 amide bonds. The zero-order valence-corrected chi connectivity index (χ0v) is 14.6. The molecule has 0 spiro atoms. The van der Waals surface area contributed by atoms with Crippen molar-refractivity contribution >= 4 is 5.96 Å². The zero-order chi connectivity index (χ0) is 17.4. The van der Waals surface area contributed by atoms with Crippen LogP contribution in [-0.2, 0) is 12.8 Å². The van der Waals surface area contributed by atoms with Gasteiger partial charge in [0.25, 0.3) is 0 Å². The Morgan fingerprint density at radius 2 is 1.72 bits per heavy atom. The fourth-order valence-corrected chi connectivity index (χ4v) is 4.51. The summed E-state index contributed by atoms with van der Waals surface area (Å²) in [7, 11) is 0. The number of nitrogens with two attached hydrogens (primary N) is 2. The summed E-state index contributed by atoms with van der Waals surface area (Å²) in [6.45, 7) is 8.71. The molecule has 0 aromatic heterocycles. The molecule has 5 heteroatoms. The predicted molar refractivity (Wildman–Crippen MR) is 102 cm³/mol. The van der Waals surface area contributed by atoms with E-state index >= 15 is 0 Å². The zero-order valence-electron chi connectivity index (χ0n) is 14.6. The van der Waals surface area contributed by atoms with Crippen LogP contribution < -0.4 is 16.8 Å². The van der Waals surface area contributed by atoms with Gasteiger partial charge in [-0.1, -0.05) is 30.8 Å². The Labute approximate surface area is 149 Å². The van der Waals surface area contributed by atoms with Crippen LogP contribution in [-0.4, -0.2) is 37.0 Å². The van der Waals surface area contributed by atoms with E-state index < -0.39 is 0 Å². The Morgan fingerprint density at radius 3 is 2.28 bits per heavy atom. The lowest BCUT2D eigenvalue weighted by Crippen LogP contribution is -2.25. The highest BCUT2D eigenvalue weighted by molar-refractivity contribution is 5.77. The van der Waals surface area contributed by atoms with Gasteiger partial charge in [-0.3, -0.25) is 0 Å². The largest absolute Gasteiger partial charge is 0.371 e. The molecule has 3 aliphatic rings. The quantitative estimate of drug-likeness (QED) is 0.438. The summed E-state index contributed by atoms with van der Waals surface area (Å²) in [6, 6.07) is 8.60. The van der Waals surface area contributed by atoms with Gasteiger partial charge in [-0.2, -0.15) is 0 Å². The normalized spacial score (nSPS) is 25.8. The van der Waals surface area contributed by atoms with Gasteiger partial charge in [0.2, 0.25) is 0 Å². The molecule has 2 heterocycles. The maximum absolute atomic E-state index is 5.71. The van der Waals surface area contributed by atoms with Crippen molar-refractivity contribution in [3.8, 4) is 0 Å². The molecule has 0 bridgehead atoms. The van der Waals surface area contributed by atoms with Crippen LogP contribution in [0.25, 0.3) is 0 Å². The number of likely N-dealkylation sites (tertiary alicyclic amines) is 1. The number of benzene rings is 1. The molecule has 2 saturated heterocycles. The summed E-state index contributed by atoms with van der Waals surface area (Å²) in [5, 5.41) is 3.48. The van der Waals surface area contributed by atoms with Crippen LogP contribution in [0.1, 0.15) is 11.1 Å². The minimum Gasteiger partial charge on any atom is -0.371 e. The number of hydrogen-bond donors (Lipinski definition) is 3. The third-order valence-electron chi connectivity index (χ3n) is 5.84. The lowest BCUT2D eigenvalue weighted by Gasteiger charge is -2.21. The Bertz CT molecular complexity index is 694. The molecule has 0 saturated carbocycles. The molecule has 0 radical (unpaired) electrons. The summed E-state index contributed by atoms with van der Waals surface area (Å²) in [5.41, 5.74) is 16.2. The Morgan fingerprint density at radius 1 is 1.12 bits per heavy atom. The van der Waals surface area contributed by atoms with Crippen molar-refractivity contribution in [3.63, 3.8) is 0 Å². The highest BCUT2D eigenvalue weighted by Gasteiger charge is 2.36. The first-order valence-corrected chi connectivity index (χ1v) is 9.12. The van der Waals surface area contributed by atoms with Gasteiger partial charge in [-0.05, 0) is 41.9 Å². The molecule has 4 rings (SSSR count). The van der Waals surface area contributed by atoms with E-state index in [1.54, 1.807) is 0 Å². The first kappa shape index (κ1) is 16.2. The Balaban J connectivity index is 1.52. The minimum absolute atomic E-state index is 0.123. The van der Waals surface area contributed by atoms with Crippen LogP contribution in [0.4, 0.5) is 0 Å². The Hall–Kier alpha value is -2.27. The van der Waals surface area contributed by atoms with Gasteiger partial charge in [0, 0.05) is 37.8 Å². The summed E-state index contributed by atoms with van der Waals surface area (Å²) in [4.78, 5) is 6.85. The summed E-state index contributed by atoms with van der Waals surface area (Å²) in [5.74, 6) is 1.93. The highest BCUT2D eigenvalue weighted by Crippen LogP contribution is 2.34. The van der Waals surface area contributed by atoms with E-state index in [2.05, 4.69) is 52.1 Å². The number of nitrogens with one attached hydrogen (secondary N) is 1. The van der Waals surface area contributed by atoms with Crippen molar-refractivity contribution < 1.29 is 0 Å². The SMILES string of the molecule is C=C(/C=C(\N=C(N)N)C1Cc2ccccc2C1)N1CC2CNCC2C1. The van der Waals surface area contributed by atoms with Gasteiger partial charge >= 0.3 is 0 Å². The Kier molecular flexibility index (Phi) is 4.25. The lowest BCUT2D eigenvalue weighted by atomic mass is 10.0. The number of guanidine groups is 1. The topological polar surface area (TPSA) is 79.7 Å². The van der Waals surface area contributed by atoms with Gasteiger partial charge in [0.1, 0.15) is 0 Å². The van der Waals surface area contributed by atoms with Crippen molar-refractivity contribution in [2.45, 2.75) is 12.8 Å². The van der Waals surface area contributed by atoms with E-state index in [1.807, 2.05) is 0 Å². The third kappa shape index (κ3) is 3.29. The molecular weight excluding hydrogens is 310 g/mol. The van der Waals surface area contributed by atoms with Crippen molar-refractivity contribution in [1.29, 1.82) is 0 Å². The van der Waals surface area contributed by atoms with E-state index in [1.165, 1.54) is 11.1 Å². The molecule has 5 N–H and O–H groups in total. The van der Waals surface area contributed by atoms with Gasteiger partial charge < -0.3 is 21.7 Å². The second-order valence-electron chi connectivity index (χ2n) is 7.55. The third-order valence-corrected chi connectivity index (χ3v) is 5.84. The highest BCUT2D eigenvalue weighted by atomic mass is 15.2. The molecule has 1 aromatic carbocycles. The van der Waals surface area contributed by atoms with Gasteiger partial charge in [-0.15, -0.1) is 0 Å². The summed E-state index contributed by atoms with van der Waals surface area (Å²) in [6.07, 6.45) is 4.08.